The van der Waals surface area contributed by atoms with Crippen LogP contribution in [0.15, 0.2) is 23.2 Å². The first-order valence-electron chi connectivity index (χ1n) is 16.5. The lowest BCUT2D eigenvalue weighted by Gasteiger charge is -2.35. The molecule has 13 heteroatoms. The van der Waals surface area contributed by atoms with Crippen molar-refractivity contribution in [3.8, 4) is 23.2 Å². The molecule has 8 rings (SSSR count). The average molecular weight is 675 g/mol. The lowest BCUT2D eigenvalue weighted by Crippen LogP contribution is -2.51. The molecule has 4 atom stereocenters. The molecule has 4 aliphatic rings. The maximum atomic E-state index is 17.2. The van der Waals surface area contributed by atoms with E-state index in [0.29, 0.717) is 57.8 Å². The van der Waals surface area contributed by atoms with Crippen molar-refractivity contribution < 1.29 is 17.9 Å². The number of aliphatic imine (C=N–C) groups is 1. The van der Waals surface area contributed by atoms with E-state index in [-0.39, 0.29) is 34.0 Å². The Morgan fingerprint density at radius 3 is 2.75 bits per heavy atom. The number of nitrogens with one attached hydrogen (secondary N) is 1. The van der Waals surface area contributed by atoms with E-state index in [1.807, 2.05) is 13.0 Å². The van der Waals surface area contributed by atoms with Crippen molar-refractivity contribution in [2.24, 2.45) is 4.99 Å². The molecule has 2 aromatic heterocycles. The van der Waals surface area contributed by atoms with E-state index >= 15 is 8.78 Å². The summed E-state index contributed by atoms with van der Waals surface area (Å²) in [5.74, 6) is -0.490. The summed E-state index contributed by atoms with van der Waals surface area (Å²) < 4.78 is 53.5. The van der Waals surface area contributed by atoms with Gasteiger partial charge in [-0.3, -0.25) is 4.90 Å². The number of halogens is 3. The maximum absolute atomic E-state index is 17.2. The maximum Gasteiger partial charge on any atom is 0.319 e. The Kier molecular flexibility index (Phi) is 7.73. The van der Waals surface area contributed by atoms with E-state index in [1.54, 1.807) is 25.3 Å². The van der Waals surface area contributed by atoms with E-state index in [0.717, 1.165) is 56.7 Å². The van der Waals surface area contributed by atoms with Crippen molar-refractivity contribution in [2.75, 3.05) is 51.8 Å². The van der Waals surface area contributed by atoms with Crippen LogP contribution in [-0.4, -0.2) is 96.8 Å². The van der Waals surface area contributed by atoms with Crippen LogP contribution in [0, 0.1) is 29.9 Å². The molecule has 2 unspecified atom stereocenters. The van der Waals surface area contributed by atoms with Crippen molar-refractivity contribution in [3.05, 3.63) is 41.0 Å². The van der Waals surface area contributed by atoms with Gasteiger partial charge in [-0.2, -0.15) is 15.2 Å². The number of hydrogen-bond donors (Lipinski definition) is 1. The van der Waals surface area contributed by atoms with Gasteiger partial charge in [0.2, 0.25) is 0 Å². The van der Waals surface area contributed by atoms with Gasteiger partial charge in [0.05, 0.1) is 22.1 Å². The molecule has 2 aromatic carbocycles. The van der Waals surface area contributed by atoms with E-state index in [4.69, 9.17) is 9.72 Å². The number of anilines is 1. The van der Waals surface area contributed by atoms with Gasteiger partial charge in [0.25, 0.3) is 0 Å². The second-order valence-corrected chi connectivity index (χ2v) is 14.9. The molecule has 0 spiro atoms. The number of nitriles is 1. The molecule has 4 fully saturated rings. The highest BCUT2D eigenvalue weighted by molar-refractivity contribution is 7.23. The summed E-state index contributed by atoms with van der Waals surface area (Å²) in [6, 6.07) is 7.59. The minimum atomic E-state index is -0.904. The van der Waals surface area contributed by atoms with E-state index in [1.165, 1.54) is 12.1 Å². The zero-order valence-corrected chi connectivity index (χ0v) is 28.0. The standard InChI is InChI=1S/C35H37F3N8OS/c1-19-11-24-30(29(38)27(19)23-7-8-26(37)31-28(23)25(13-39)33(48-31)40-18-44(2)3)42-34(43-32(24)45-15-21-5-6-22(16-45)41-21)47-17-35-9-4-10-46(35)14-20(36)12-35/h7-8,11,18,20-22,41H,4-6,9-10,12,14-17H2,1-3H3/t20-,21?,22?,35+/m1/s1. The van der Waals surface area contributed by atoms with Crippen LogP contribution in [0.25, 0.3) is 32.1 Å². The zero-order valence-electron chi connectivity index (χ0n) is 27.2. The third-order valence-corrected chi connectivity index (χ3v) is 11.5. The Balaban J connectivity index is 1.28. The predicted molar refractivity (Wildman–Crippen MR) is 182 cm³/mol. The highest BCUT2D eigenvalue weighted by Crippen LogP contribution is 2.46. The number of aromatic nitrogens is 2. The van der Waals surface area contributed by atoms with Crippen LogP contribution in [0.4, 0.5) is 24.0 Å². The van der Waals surface area contributed by atoms with E-state index < -0.39 is 23.3 Å². The summed E-state index contributed by atoms with van der Waals surface area (Å²) in [6.07, 6.45) is 4.98. The van der Waals surface area contributed by atoms with Gasteiger partial charge in [-0.15, -0.1) is 11.3 Å². The summed E-state index contributed by atoms with van der Waals surface area (Å²) in [7, 11) is 3.61. The molecule has 4 aliphatic heterocycles. The third kappa shape index (κ3) is 5.16. The van der Waals surface area contributed by atoms with E-state index in [2.05, 4.69) is 31.2 Å². The van der Waals surface area contributed by atoms with Crippen LogP contribution in [0.1, 0.15) is 43.2 Å². The Bertz CT molecular complexity index is 2000. The average Bonchev–Trinajstić information content (AvgIpc) is 3.80. The fourth-order valence-electron chi connectivity index (χ4n) is 8.30. The van der Waals surface area contributed by atoms with Crippen LogP contribution in [0.3, 0.4) is 0 Å². The SMILES string of the molecule is Cc1cc2c(N3CC4CCC(C3)N4)nc(OC[C@@]34CCCN3C[C@H](F)C4)nc2c(F)c1-c1ccc(F)c2sc(N=CN(C)C)c(C#N)c12. The lowest BCUT2D eigenvalue weighted by molar-refractivity contribution is 0.107. The number of nitrogens with zero attached hydrogens (tertiary/aromatic N) is 7. The van der Waals surface area contributed by atoms with Crippen molar-refractivity contribution in [1.82, 2.24) is 25.1 Å². The van der Waals surface area contributed by atoms with E-state index in [9.17, 15) is 9.65 Å². The number of hydrogen-bond acceptors (Lipinski definition) is 9. The van der Waals surface area contributed by atoms with Gasteiger partial charge in [0.1, 0.15) is 41.0 Å². The molecule has 250 valence electrons. The summed E-state index contributed by atoms with van der Waals surface area (Å²) >= 11 is 1.06. The van der Waals surface area contributed by atoms with Crippen LogP contribution in [-0.2, 0) is 0 Å². The molecule has 4 saturated heterocycles. The molecule has 0 amide bonds. The molecule has 6 heterocycles. The quantitative estimate of drug-likeness (QED) is 0.186. The Morgan fingerprint density at radius 2 is 2.00 bits per heavy atom. The topological polar surface area (TPSA) is 92.9 Å². The molecule has 0 saturated carbocycles. The van der Waals surface area contributed by atoms with Gasteiger partial charge in [-0.05, 0) is 62.4 Å². The van der Waals surface area contributed by atoms with Gasteiger partial charge in [0.15, 0.2) is 5.82 Å². The number of fused-ring (bicyclic) bond motifs is 5. The number of thiophene rings is 1. The molecule has 9 nitrogen and oxygen atoms in total. The first-order valence-corrected chi connectivity index (χ1v) is 17.4. The molecular formula is C35H37F3N8OS. The molecule has 48 heavy (non-hydrogen) atoms. The number of benzene rings is 2. The lowest BCUT2D eigenvalue weighted by atomic mass is 9.93. The monoisotopic (exact) mass is 674 g/mol. The summed E-state index contributed by atoms with van der Waals surface area (Å²) in [5, 5.41) is 15.1. The summed E-state index contributed by atoms with van der Waals surface area (Å²) in [5.41, 5.74) is 1.10. The molecule has 4 aromatic rings. The van der Waals surface area contributed by atoms with Crippen molar-refractivity contribution >= 4 is 49.5 Å². The van der Waals surface area contributed by atoms with Crippen LogP contribution in [0.5, 0.6) is 6.01 Å². The van der Waals surface area contributed by atoms with Crippen LogP contribution in [0.2, 0.25) is 0 Å². The second-order valence-electron chi connectivity index (χ2n) is 13.9. The minimum absolute atomic E-state index is 0.0541. The van der Waals surface area contributed by atoms with Gasteiger partial charge in [0, 0.05) is 68.6 Å². The second kappa shape index (κ2) is 11.9. The first kappa shape index (κ1) is 31.3. The van der Waals surface area contributed by atoms with Gasteiger partial charge in [-0.1, -0.05) is 6.07 Å². The molecular weight excluding hydrogens is 638 g/mol. The normalized spacial score (nSPS) is 25.4. The molecule has 0 radical (unpaired) electrons. The van der Waals surface area contributed by atoms with Crippen molar-refractivity contribution in [3.63, 3.8) is 0 Å². The molecule has 1 N–H and O–H groups in total. The van der Waals surface area contributed by atoms with Crippen molar-refractivity contribution in [1.29, 1.82) is 5.26 Å². The molecule has 2 bridgehead atoms. The number of piperazine rings is 1. The highest BCUT2D eigenvalue weighted by atomic mass is 32.1. The summed E-state index contributed by atoms with van der Waals surface area (Å²) in [4.78, 5) is 20.1. The van der Waals surface area contributed by atoms with Gasteiger partial charge < -0.3 is 19.9 Å². The summed E-state index contributed by atoms with van der Waals surface area (Å²) in [6.45, 7) is 4.71. The van der Waals surface area contributed by atoms with Crippen LogP contribution < -0.4 is 15.0 Å². The largest absolute Gasteiger partial charge is 0.461 e. The number of alkyl halides is 1. The number of aryl methyl sites for hydroxylation is 1. The first-order chi connectivity index (χ1) is 23.1. The Morgan fingerprint density at radius 1 is 1.21 bits per heavy atom. The fraction of sp³-hybridized carbons (Fsp3) is 0.486. The van der Waals surface area contributed by atoms with Crippen LogP contribution >= 0.6 is 11.3 Å². The Hall–Kier alpha value is -3.99. The van der Waals surface area contributed by atoms with Gasteiger partial charge in [-0.25, -0.2) is 18.2 Å². The minimum Gasteiger partial charge on any atom is -0.461 e. The van der Waals surface area contributed by atoms with Crippen molar-refractivity contribution in [2.45, 2.75) is 62.8 Å². The third-order valence-electron chi connectivity index (χ3n) is 10.4. The fourth-order valence-corrected chi connectivity index (χ4v) is 9.33. The molecule has 0 aliphatic carbocycles. The zero-order chi connectivity index (χ0) is 33.3. The predicted octanol–water partition coefficient (Wildman–Crippen LogP) is 6.09. The Labute approximate surface area is 281 Å². The smallest absolute Gasteiger partial charge is 0.319 e. The number of ether oxygens (including phenoxy) is 1. The number of rotatable bonds is 7. The highest BCUT2D eigenvalue weighted by Gasteiger charge is 2.49. The van der Waals surface area contributed by atoms with Gasteiger partial charge >= 0.3 is 6.01 Å².